The van der Waals surface area contributed by atoms with E-state index in [-0.39, 0.29) is 17.5 Å². The molecule has 0 bridgehead atoms. The van der Waals surface area contributed by atoms with Crippen LogP contribution < -0.4 is 11.3 Å². The van der Waals surface area contributed by atoms with E-state index in [1.807, 2.05) is 13.8 Å². The van der Waals surface area contributed by atoms with Gasteiger partial charge < -0.3 is 10.2 Å². The summed E-state index contributed by atoms with van der Waals surface area (Å²) in [5.74, 6) is 0.463. The molecule has 2 N–H and O–H groups in total. The van der Waals surface area contributed by atoms with Crippen LogP contribution in [-0.2, 0) is 0 Å². The Morgan fingerprint density at radius 1 is 1.41 bits per heavy atom. The molecule has 5 nitrogen and oxygen atoms in total. The van der Waals surface area contributed by atoms with Crippen LogP contribution in [0.15, 0.2) is 38.5 Å². The molecule has 1 aromatic carbocycles. The van der Waals surface area contributed by atoms with Gasteiger partial charge in [0, 0.05) is 5.92 Å². The summed E-state index contributed by atoms with van der Waals surface area (Å²) < 4.78 is 5.38. The van der Waals surface area contributed by atoms with Crippen LogP contribution in [0.25, 0.3) is 11.0 Å². The van der Waals surface area contributed by atoms with Crippen molar-refractivity contribution in [2.45, 2.75) is 13.8 Å². The summed E-state index contributed by atoms with van der Waals surface area (Å²) >= 11 is 0. The molecule has 0 aliphatic carbocycles. The Bertz CT molecular complexity index is 629. The largest absolute Gasteiger partial charge is 0.423 e. The third-order valence-corrected chi connectivity index (χ3v) is 2.33. The molecule has 0 spiro atoms. The average Bonchev–Trinajstić information content (AvgIpc) is 2.29. The van der Waals surface area contributed by atoms with Gasteiger partial charge in [0.2, 0.25) is 0 Å². The second-order valence-electron chi connectivity index (χ2n) is 3.99. The van der Waals surface area contributed by atoms with Crippen molar-refractivity contribution in [3.05, 3.63) is 34.6 Å². The minimum Gasteiger partial charge on any atom is -0.423 e. The van der Waals surface area contributed by atoms with Crippen LogP contribution in [0.4, 0.5) is 6.01 Å². The van der Waals surface area contributed by atoms with Gasteiger partial charge in [-0.3, -0.25) is 4.79 Å². The van der Waals surface area contributed by atoms with E-state index < -0.39 is 0 Å². The summed E-state index contributed by atoms with van der Waals surface area (Å²) in [7, 11) is 0. The summed E-state index contributed by atoms with van der Waals surface area (Å²) in [6, 6.07) is 6.90. The summed E-state index contributed by atoms with van der Waals surface area (Å²) in [5.41, 5.74) is 5.79. The highest BCUT2D eigenvalue weighted by molar-refractivity contribution is 5.84. The Balaban J connectivity index is 2.58. The van der Waals surface area contributed by atoms with Crippen molar-refractivity contribution in [2.24, 2.45) is 16.6 Å². The lowest BCUT2D eigenvalue weighted by molar-refractivity contribution is 0.587. The zero-order chi connectivity index (χ0) is 12.4. The predicted molar refractivity (Wildman–Crippen MR) is 66.4 cm³/mol. The third kappa shape index (κ3) is 2.33. The Labute approximate surface area is 98.0 Å². The van der Waals surface area contributed by atoms with Crippen LogP contribution in [-0.4, -0.2) is 10.8 Å². The van der Waals surface area contributed by atoms with Gasteiger partial charge >= 0.3 is 6.01 Å². The van der Waals surface area contributed by atoms with Crippen molar-refractivity contribution in [3.63, 3.8) is 0 Å². The number of fused-ring (bicyclic) bond motifs is 1. The number of nitrogens with zero attached hydrogens (tertiary/aromatic N) is 2. The Hall–Kier alpha value is -2.17. The highest BCUT2D eigenvalue weighted by Gasteiger charge is 2.06. The molecule has 0 saturated carbocycles. The molecule has 0 aliphatic rings. The van der Waals surface area contributed by atoms with E-state index in [4.69, 9.17) is 10.2 Å². The van der Waals surface area contributed by atoms with Gasteiger partial charge in [-0.25, -0.2) is 0 Å². The number of rotatable bonds is 2. The second kappa shape index (κ2) is 4.37. The Kier molecular flexibility index (Phi) is 2.91. The third-order valence-electron chi connectivity index (χ3n) is 2.33. The van der Waals surface area contributed by atoms with Gasteiger partial charge in [0.25, 0.3) is 5.56 Å². The van der Waals surface area contributed by atoms with Crippen molar-refractivity contribution in [3.8, 4) is 0 Å². The second-order valence-corrected chi connectivity index (χ2v) is 3.99. The SMILES string of the molecule is CC(C)/C(N)=N/c1nc(=O)c2ccccc2o1. The molecule has 1 heterocycles. The standard InChI is InChI=1S/C12H13N3O2/c1-7(2)10(13)14-12-15-11(16)8-5-3-4-6-9(8)17-12/h3-7H,1-2H3,(H2,13,14,15,16). The van der Waals surface area contributed by atoms with Gasteiger partial charge in [0.15, 0.2) is 0 Å². The van der Waals surface area contributed by atoms with E-state index in [1.54, 1.807) is 24.3 Å². The number of para-hydroxylation sites is 1. The molecule has 1 aromatic heterocycles. The molecular weight excluding hydrogens is 218 g/mol. The fourth-order valence-electron chi connectivity index (χ4n) is 1.29. The first-order valence-electron chi connectivity index (χ1n) is 5.32. The summed E-state index contributed by atoms with van der Waals surface area (Å²) in [6.07, 6.45) is 0. The van der Waals surface area contributed by atoms with Gasteiger partial charge in [-0.05, 0) is 12.1 Å². The molecule has 0 unspecified atom stereocenters. The quantitative estimate of drug-likeness (QED) is 0.631. The fourth-order valence-corrected chi connectivity index (χ4v) is 1.29. The van der Waals surface area contributed by atoms with Gasteiger partial charge in [0.05, 0.1) is 5.39 Å². The van der Waals surface area contributed by atoms with Crippen LogP contribution in [0.5, 0.6) is 0 Å². The topological polar surface area (TPSA) is 81.5 Å². The lowest BCUT2D eigenvalue weighted by Gasteiger charge is -2.02. The highest BCUT2D eigenvalue weighted by atomic mass is 16.4. The summed E-state index contributed by atoms with van der Waals surface area (Å²) in [5, 5.41) is 0.439. The average molecular weight is 231 g/mol. The number of benzene rings is 1. The summed E-state index contributed by atoms with van der Waals surface area (Å²) in [4.78, 5) is 19.4. The first kappa shape index (κ1) is 11.3. The smallest absolute Gasteiger partial charge is 0.327 e. The molecule has 88 valence electrons. The number of aromatic nitrogens is 1. The first-order valence-corrected chi connectivity index (χ1v) is 5.32. The highest BCUT2D eigenvalue weighted by Crippen LogP contribution is 2.15. The number of amidine groups is 1. The number of hydrogen-bond acceptors (Lipinski definition) is 4. The number of nitrogens with two attached hydrogens (primary N) is 1. The Morgan fingerprint density at radius 3 is 2.82 bits per heavy atom. The van der Waals surface area contributed by atoms with E-state index in [9.17, 15) is 4.79 Å². The molecule has 5 heteroatoms. The van der Waals surface area contributed by atoms with Crippen LogP contribution in [0.1, 0.15) is 13.8 Å². The van der Waals surface area contributed by atoms with Crippen molar-refractivity contribution in [1.29, 1.82) is 0 Å². The molecule has 0 saturated heterocycles. The predicted octanol–water partition coefficient (Wildman–Crippen LogP) is 1.83. The first-order chi connectivity index (χ1) is 8.08. The lowest BCUT2D eigenvalue weighted by atomic mass is 10.2. The molecule has 0 amide bonds. The Morgan fingerprint density at radius 2 is 2.12 bits per heavy atom. The molecule has 2 rings (SSSR count). The van der Waals surface area contributed by atoms with E-state index >= 15 is 0 Å². The van der Waals surface area contributed by atoms with Crippen LogP contribution in [0, 0.1) is 5.92 Å². The van der Waals surface area contributed by atoms with Gasteiger partial charge in [0.1, 0.15) is 11.4 Å². The van der Waals surface area contributed by atoms with E-state index in [0.717, 1.165) is 0 Å². The fraction of sp³-hybridized carbons (Fsp3) is 0.250. The minimum absolute atomic E-state index is 0.0000926. The monoisotopic (exact) mass is 231 g/mol. The van der Waals surface area contributed by atoms with Crippen LogP contribution in [0.3, 0.4) is 0 Å². The van der Waals surface area contributed by atoms with Gasteiger partial charge in [-0.1, -0.05) is 26.0 Å². The van der Waals surface area contributed by atoms with Crippen molar-refractivity contribution >= 4 is 22.8 Å². The molecule has 0 aliphatic heterocycles. The maximum atomic E-state index is 11.7. The number of aliphatic imine (C=N–C) groups is 1. The van der Waals surface area contributed by atoms with E-state index in [0.29, 0.717) is 16.8 Å². The number of hydrogen-bond donors (Lipinski definition) is 1. The van der Waals surface area contributed by atoms with Crippen molar-refractivity contribution in [2.75, 3.05) is 0 Å². The minimum atomic E-state index is -0.359. The lowest BCUT2D eigenvalue weighted by Crippen LogP contribution is -2.18. The molecule has 0 radical (unpaired) electrons. The molecule has 0 fully saturated rings. The van der Waals surface area contributed by atoms with Gasteiger partial charge in [-0.2, -0.15) is 9.98 Å². The van der Waals surface area contributed by atoms with E-state index in [1.165, 1.54) is 0 Å². The summed E-state index contributed by atoms with van der Waals surface area (Å²) in [6.45, 7) is 3.80. The van der Waals surface area contributed by atoms with E-state index in [2.05, 4.69) is 9.98 Å². The molecular formula is C12H13N3O2. The zero-order valence-corrected chi connectivity index (χ0v) is 9.68. The molecule has 17 heavy (non-hydrogen) atoms. The van der Waals surface area contributed by atoms with Crippen LogP contribution >= 0.6 is 0 Å². The maximum Gasteiger partial charge on any atom is 0.327 e. The normalized spacial score (nSPS) is 12.3. The molecule has 0 atom stereocenters. The van der Waals surface area contributed by atoms with Crippen molar-refractivity contribution < 1.29 is 4.42 Å². The van der Waals surface area contributed by atoms with Crippen LogP contribution in [0.2, 0.25) is 0 Å². The van der Waals surface area contributed by atoms with Crippen molar-refractivity contribution in [1.82, 2.24) is 4.98 Å². The van der Waals surface area contributed by atoms with Gasteiger partial charge in [-0.15, -0.1) is 0 Å². The molecule has 2 aromatic rings. The maximum absolute atomic E-state index is 11.7. The zero-order valence-electron chi connectivity index (χ0n) is 9.68.